The molecular formula is C20H24N4O3S. The Morgan fingerprint density at radius 1 is 1.25 bits per heavy atom. The Hall–Kier alpha value is -2.61. The lowest BCUT2D eigenvalue weighted by Gasteiger charge is -2.46. The molecule has 1 aliphatic carbocycles. The van der Waals surface area contributed by atoms with Crippen molar-refractivity contribution in [3.8, 4) is 11.5 Å². The van der Waals surface area contributed by atoms with Crippen molar-refractivity contribution in [2.45, 2.75) is 38.1 Å². The average molecular weight is 401 g/mol. The highest BCUT2D eigenvalue weighted by atomic mass is 32.1. The first-order valence-electron chi connectivity index (χ1n) is 9.43. The van der Waals surface area contributed by atoms with Crippen LogP contribution in [0.2, 0.25) is 0 Å². The van der Waals surface area contributed by atoms with Gasteiger partial charge in [-0.3, -0.25) is 10.2 Å². The van der Waals surface area contributed by atoms with Gasteiger partial charge in [-0.05, 0) is 54.7 Å². The molecule has 1 unspecified atom stereocenters. The summed E-state index contributed by atoms with van der Waals surface area (Å²) in [6.45, 7) is 0.870. The molecule has 1 aromatic rings. The lowest BCUT2D eigenvalue weighted by atomic mass is 9.79. The third kappa shape index (κ3) is 3.11. The number of hydrogen-bond donors (Lipinski definition) is 2. The topological polar surface area (TPSA) is 89.2 Å². The van der Waals surface area contributed by atoms with E-state index in [1.165, 1.54) is 11.1 Å². The van der Waals surface area contributed by atoms with E-state index in [0.29, 0.717) is 18.6 Å². The normalized spacial score (nSPS) is 22.4. The highest BCUT2D eigenvalue weighted by Gasteiger charge is 2.40. The third-order valence-corrected chi connectivity index (χ3v) is 5.80. The molecule has 0 amide bonds. The number of carbonyl (C=O) groups excluding carboxylic acids is 1. The number of allylic oxidation sites excluding steroid dienone is 2. The first kappa shape index (κ1) is 18.7. The minimum atomic E-state index is 0.0933. The summed E-state index contributed by atoms with van der Waals surface area (Å²) in [5.41, 5.74) is 13.2. The number of Topliss-reactive ketones (excluding diaryl/α,β-unsaturated/α-hetero) is 1. The molecule has 8 heteroatoms. The largest absolute Gasteiger partial charge is 0.493 e. The molecule has 0 saturated heterocycles. The van der Waals surface area contributed by atoms with Gasteiger partial charge in [-0.1, -0.05) is 0 Å². The van der Waals surface area contributed by atoms with Gasteiger partial charge in [0, 0.05) is 25.1 Å². The highest BCUT2D eigenvalue weighted by Crippen LogP contribution is 2.46. The van der Waals surface area contributed by atoms with Crippen molar-refractivity contribution < 1.29 is 14.3 Å². The maximum atomic E-state index is 12.7. The van der Waals surface area contributed by atoms with Crippen LogP contribution < -0.4 is 20.6 Å². The van der Waals surface area contributed by atoms with Gasteiger partial charge in [0.15, 0.2) is 22.4 Å². The van der Waals surface area contributed by atoms with Crippen LogP contribution in [-0.2, 0) is 11.2 Å². The first-order valence-corrected chi connectivity index (χ1v) is 9.84. The summed E-state index contributed by atoms with van der Waals surface area (Å²) in [6, 6.07) is 4.21. The van der Waals surface area contributed by atoms with Crippen LogP contribution in [0.1, 0.15) is 42.9 Å². The smallest absolute Gasteiger partial charge is 0.184 e. The molecule has 3 aliphatic rings. The van der Waals surface area contributed by atoms with Crippen molar-refractivity contribution >= 4 is 28.8 Å². The molecule has 0 fully saturated rings. The first-order chi connectivity index (χ1) is 13.5. The summed E-state index contributed by atoms with van der Waals surface area (Å²) in [5.74, 6) is 1.60. The number of rotatable bonds is 3. The van der Waals surface area contributed by atoms with Crippen molar-refractivity contribution in [3.63, 3.8) is 0 Å². The molecule has 7 nitrogen and oxygen atoms in total. The van der Waals surface area contributed by atoms with Gasteiger partial charge < -0.3 is 20.1 Å². The Morgan fingerprint density at radius 3 is 2.71 bits per heavy atom. The molecular weight excluding hydrogens is 376 g/mol. The number of thiocarbonyl (C=S) groups is 1. The maximum Gasteiger partial charge on any atom is 0.184 e. The molecule has 4 rings (SSSR count). The van der Waals surface area contributed by atoms with Crippen molar-refractivity contribution in [1.29, 1.82) is 0 Å². The predicted octanol–water partition coefficient (Wildman–Crippen LogP) is 2.20. The van der Waals surface area contributed by atoms with Crippen molar-refractivity contribution in [1.82, 2.24) is 10.3 Å². The lowest BCUT2D eigenvalue weighted by molar-refractivity contribution is -0.115. The molecule has 1 aromatic carbocycles. The fraction of sp³-hybridized carbons (Fsp3) is 0.450. The average Bonchev–Trinajstić information content (AvgIpc) is 2.70. The van der Waals surface area contributed by atoms with E-state index in [0.717, 1.165) is 48.5 Å². The van der Waals surface area contributed by atoms with E-state index in [1.54, 1.807) is 14.2 Å². The quantitative estimate of drug-likeness (QED) is 0.594. The molecule has 28 heavy (non-hydrogen) atoms. The number of ketones is 1. The zero-order chi connectivity index (χ0) is 19.8. The van der Waals surface area contributed by atoms with Crippen molar-refractivity contribution in [2.75, 3.05) is 20.8 Å². The SMILES string of the molecule is COc1cc2c(cc1OC)C1CC(=NNC(N)=S)C3=C(CCCC3=O)N1CC2. The summed E-state index contributed by atoms with van der Waals surface area (Å²) >= 11 is 4.90. The van der Waals surface area contributed by atoms with Crippen LogP contribution in [0.15, 0.2) is 28.5 Å². The van der Waals surface area contributed by atoms with E-state index in [1.807, 2.05) is 0 Å². The second-order valence-electron chi connectivity index (χ2n) is 7.20. The van der Waals surface area contributed by atoms with Crippen molar-refractivity contribution in [2.24, 2.45) is 10.8 Å². The van der Waals surface area contributed by atoms with Crippen LogP contribution in [0.25, 0.3) is 0 Å². The molecule has 1 atom stereocenters. The van der Waals surface area contributed by atoms with Crippen LogP contribution in [-0.4, -0.2) is 42.3 Å². The van der Waals surface area contributed by atoms with Gasteiger partial charge in [0.1, 0.15) is 0 Å². The molecule has 0 radical (unpaired) electrons. The number of ether oxygens (including phenoxy) is 2. The van der Waals surface area contributed by atoms with E-state index in [2.05, 4.69) is 27.6 Å². The van der Waals surface area contributed by atoms with Crippen LogP contribution in [0.4, 0.5) is 0 Å². The zero-order valence-corrected chi connectivity index (χ0v) is 16.9. The van der Waals surface area contributed by atoms with Gasteiger partial charge in [0.25, 0.3) is 0 Å². The molecule has 148 valence electrons. The molecule has 2 heterocycles. The van der Waals surface area contributed by atoms with Gasteiger partial charge in [0.2, 0.25) is 0 Å². The second-order valence-corrected chi connectivity index (χ2v) is 7.64. The molecule has 0 bridgehead atoms. The monoisotopic (exact) mass is 400 g/mol. The van der Waals surface area contributed by atoms with E-state index in [9.17, 15) is 4.79 Å². The van der Waals surface area contributed by atoms with Gasteiger partial charge >= 0.3 is 0 Å². The Labute approximate surface area is 169 Å². The minimum Gasteiger partial charge on any atom is -0.493 e. The summed E-state index contributed by atoms with van der Waals surface area (Å²) in [4.78, 5) is 15.1. The molecule has 2 aliphatic heterocycles. The summed E-state index contributed by atoms with van der Waals surface area (Å²) in [6.07, 6.45) is 3.82. The zero-order valence-electron chi connectivity index (χ0n) is 16.1. The minimum absolute atomic E-state index is 0.0933. The molecule has 0 saturated carbocycles. The number of hydrazone groups is 1. The second kappa shape index (κ2) is 7.43. The lowest BCUT2D eigenvalue weighted by Crippen LogP contribution is -2.44. The fourth-order valence-corrected chi connectivity index (χ4v) is 4.57. The van der Waals surface area contributed by atoms with Gasteiger partial charge in [-0.2, -0.15) is 5.10 Å². The number of nitrogens with zero attached hydrogens (tertiary/aromatic N) is 2. The fourth-order valence-electron chi connectivity index (χ4n) is 4.52. The van der Waals surface area contributed by atoms with E-state index < -0.39 is 0 Å². The van der Waals surface area contributed by atoms with Crippen LogP contribution >= 0.6 is 12.2 Å². The van der Waals surface area contributed by atoms with Gasteiger partial charge in [-0.25, -0.2) is 0 Å². The van der Waals surface area contributed by atoms with E-state index in [-0.39, 0.29) is 16.9 Å². The van der Waals surface area contributed by atoms with Crippen LogP contribution in [0, 0.1) is 0 Å². The highest BCUT2D eigenvalue weighted by molar-refractivity contribution is 7.80. The Balaban J connectivity index is 1.82. The number of carbonyl (C=O) groups is 1. The number of benzene rings is 1. The number of nitrogens with one attached hydrogen (secondary N) is 1. The van der Waals surface area contributed by atoms with Crippen LogP contribution in [0.5, 0.6) is 11.5 Å². The Morgan fingerprint density at radius 2 is 2.00 bits per heavy atom. The van der Waals surface area contributed by atoms with Gasteiger partial charge in [0.05, 0.1) is 31.5 Å². The predicted molar refractivity (Wildman–Crippen MR) is 111 cm³/mol. The van der Waals surface area contributed by atoms with Crippen LogP contribution in [0.3, 0.4) is 0 Å². The Kier molecular flexibility index (Phi) is 4.97. The number of hydrogen-bond acceptors (Lipinski definition) is 6. The van der Waals surface area contributed by atoms with E-state index in [4.69, 9.17) is 27.4 Å². The molecule has 0 aromatic heterocycles. The third-order valence-electron chi connectivity index (χ3n) is 5.71. The number of fused-ring (bicyclic) bond motifs is 4. The molecule has 0 spiro atoms. The summed E-state index contributed by atoms with van der Waals surface area (Å²) in [7, 11) is 3.29. The maximum absolute atomic E-state index is 12.7. The Bertz CT molecular complexity index is 909. The molecule has 3 N–H and O–H groups in total. The number of methoxy groups -OCH3 is 2. The standard InChI is InChI=1S/C20H24N4O3S/c1-26-17-8-11-6-7-24-14-4-3-5-16(25)19(14)13(22-23-20(21)28)10-15(24)12(11)9-18(17)27-2/h8-9,15H,3-7,10H2,1-2H3,(H3,21,23,28). The van der Waals surface area contributed by atoms with Crippen molar-refractivity contribution in [3.05, 3.63) is 34.5 Å². The summed E-state index contributed by atoms with van der Waals surface area (Å²) in [5, 5.41) is 4.49. The number of nitrogens with two attached hydrogens (primary N) is 1. The van der Waals surface area contributed by atoms with E-state index >= 15 is 0 Å². The summed E-state index contributed by atoms with van der Waals surface area (Å²) < 4.78 is 11.0. The van der Waals surface area contributed by atoms with Gasteiger partial charge in [-0.15, -0.1) is 0 Å².